The van der Waals surface area contributed by atoms with Crippen molar-refractivity contribution in [1.82, 2.24) is 15.2 Å². The number of nitrogen functional groups attached to an aromatic ring is 1. The first-order valence-electron chi connectivity index (χ1n) is 6.80. The molecule has 2 aromatic rings. The Morgan fingerprint density at radius 2 is 2.14 bits per heavy atom. The van der Waals surface area contributed by atoms with Gasteiger partial charge in [-0.05, 0) is 12.0 Å². The van der Waals surface area contributed by atoms with Crippen LogP contribution in [0.15, 0.2) is 36.5 Å². The summed E-state index contributed by atoms with van der Waals surface area (Å²) in [5.74, 6) is 4.81. The molecule has 0 bridgehead atoms. The predicted molar refractivity (Wildman–Crippen MR) is 76.3 cm³/mol. The molecule has 1 aromatic heterocycles. The molecule has 0 saturated heterocycles. The van der Waals surface area contributed by atoms with Crippen LogP contribution in [0.5, 0.6) is 0 Å². The zero-order valence-electron chi connectivity index (χ0n) is 11.5. The first-order chi connectivity index (χ1) is 10.6. The van der Waals surface area contributed by atoms with Gasteiger partial charge >= 0.3 is 0 Å². The van der Waals surface area contributed by atoms with Crippen LogP contribution in [0.2, 0.25) is 0 Å². The highest BCUT2D eigenvalue weighted by atomic mass is 19.3. The summed E-state index contributed by atoms with van der Waals surface area (Å²) >= 11 is 0. The third kappa shape index (κ3) is 2.41. The molecule has 22 heavy (non-hydrogen) atoms. The van der Waals surface area contributed by atoms with Crippen LogP contribution in [0.25, 0.3) is 0 Å². The fourth-order valence-corrected chi connectivity index (χ4v) is 2.68. The van der Waals surface area contributed by atoms with Gasteiger partial charge in [-0.3, -0.25) is 10.2 Å². The number of amides is 1. The van der Waals surface area contributed by atoms with E-state index in [0.29, 0.717) is 0 Å². The Hall–Kier alpha value is -2.48. The quantitative estimate of drug-likeness (QED) is 0.459. The van der Waals surface area contributed by atoms with E-state index in [1.165, 1.54) is 6.20 Å². The maximum absolute atomic E-state index is 13.4. The summed E-state index contributed by atoms with van der Waals surface area (Å²) < 4.78 is 27.9. The zero-order valence-corrected chi connectivity index (χ0v) is 11.5. The molecule has 0 radical (unpaired) electrons. The molecule has 1 aromatic carbocycles. The smallest absolute Gasteiger partial charge is 0.270 e. The van der Waals surface area contributed by atoms with E-state index in [9.17, 15) is 13.6 Å². The Balaban J connectivity index is 2.02. The number of aromatic nitrogens is 2. The van der Waals surface area contributed by atoms with E-state index in [2.05, 4.69) is 10.4 Å². The third-order valence-corrected chi connectivity index (χ3v) is 3.77. The molecule has 6 nitrogen and oxygen atoms in total. The van der Waals surface area contributed by atoms with E-state index in [0.717, 1.165) is 10.2 Å². The molecule has 1 amide bonds. The number of benzene rings is 1. The second-order valence-electron chi connectivity index (χ2n) is 5.07. The lowest BCUT2D eigenvalue weighted by Crippen LogP contribution is -2.34. The SMILES string of the molecule is NNC(=O)c1cnn2c1N[C@H](c1ccccc1)C[C@H]2C(F)F. The van der Waals surface area contributed by atoms with Crippen LogP contribution in [0.1, 0.15) is 34.4 Å². The summed E-state index contributed by atoms with van der Waals surface area (Å²) in [6.45, 7) is 0. The minimum Gasteiger partial charge on any atom is -0.363 e. The van der Waals surface area contributed by atoms with Gasteiger partial charge < -0.3 is 5.32 Å². The number of carbonyl (C=O) groups excluding carboxylic acids is 1. The minimum atomic E-state index is -2.58. The largest absolute Gasteiger partial charge is 0.363 e. The average molecular weight is 307 g/mol. The molecular weight excluding hydrogens is 292 g/mol. The molecule has 0 unspecified atom stereocenters. The lowest BCUT2D eigenvalue weighted by molar-refractivity contribution is 0.0656. The summed E-state index contributed by atoms with van der Waals surface area (Å²) in [6.07, 6.45) is -1.16. The lowest BCUT2D eigenvalue weighted by atomic mass is 9.97. The summed E-state index contributed by atoms with van der Waals surface area (Å²) in [4.78, 5) is 11.7. The van der Waals surface area contributed by atoms with Gasteiger partial charge in [0.1, 0.15) is 17.4 Å². The molecule has 1 aliphatic rings. The van der Waals surface area contributed by atoms with Gasteiger partial charge in [0.25, 0.3) is 12.3 Å². The molecule has 4 N–H and O–H groups in total. The van der Waals surface area contributed by atoms with E-state index in [-0.39, 0.29) is 23.8 Å². The minimum absolute atomic E-state index is 0.147. The summed E-state index contributed by atoms with van der Waals surface area (Å²) in [5.41, 5.74) is 3.02. The van der Waals surface area contributed by atoms with Crippen LogP contribution in [0, 0.1) is 0 Å². The number of hydrazine groups is 1. The van der Waals surface area contributed by atoms with Gasteiger partial charge in [0.2, 0.25) is 0 Å². The van der Waals surface area contributed by atoms with E-state index >= 15 is 0 Å². The van der Waals surface area contributed by atoms with Crippen molar-refractivity contribution >= 4 is 11.7 Å². The van der Waals surface area contributed by atoms with E-state index in [1.807, 2.05) is 35.8 Å². The van der Waals surface area contributed by atoms with Gasteiger partial charge in [0.15, 0.2) is 0 Å². The molecule has 0 spiro atoms. The third-order valence-electron chi connectivity index (χ3n) is 3.77. The highest BCUT2D eigenvalue weighted by Crippen LogP contribution is 2.39. The molecule has 116 valence electrons. The topological polar surface area (TPSA) is 85.0 Å². The maximum Gasteiger partial charge on any atom is 0.270 e. The first kappa shape index (κ1) is 14.5. The van der Waals surface area contributed by atoms with Crippen molar-refractivity contribution in [3.8, 4) is 0 Å². The van der Waals surface area contributed by atoms with Crippen LogP contribution in [0.3, 0.4) is 0 Å². The Kier molecular flexibility index (Phi) is 3.76. The second kappa shape index (κ2) is 5.72. The van der Waals surface area contributed by atoms with E-state index in [4.69, 9.17) is 5.84 Å². The Morgan fingerprint density at radius 3 is 2.77 bits per heavy atom. The summed E-state index contributed by atoms with van der Waals surface area (Å²) in [5, 5.41) is 7.03. The molecule has 1 aliphatic heterocycles. The van der Waals surface area contributed by atoms with Crippen LogP contribution in [-0.4, -0.2) is 22.1 Å². The van der Waals surface area contributed by atoms with Crippen molar-refractivity contribution in [2.75, 3.05) is 5.32 Å². The Morgan fingerprint density at radius 1 is 1.41 bits per heavy atom. The predicted octanol–water partition coefficient (Wildman–Crippen LogP) is 1.85. The number of hydrogen-bond donors (Lipinski definition) is 3. The number of carbonyl (C=O) groups is 1. The molecule has 2 heterocycles. The summed E-state index contributed by atoms with van der Waals surface area (Å²) in [7, 11) is 0. The molecular formula is C14H15F2N5O. The Bertz CT molecular complexity index is 673. The maximum atomic E-state index is 13.4. The second-order valence-corrected chi connectivity index (χ2v) is 5.07. The van der Waals surface area contributed by atoms with Gasteiger partial charge in [0, 0.05) is 0 Å². The fourth-order valence-electron chi connectivity index (χ4n) is 2.68. The summed E-state index contributed by atoms with van der Waals surface area (Å²) in [6, 6.07) is 7.83. The number of anilines is 1. The number of hydrogen-bond acceptors (Lipinski definition) is 4. The van der Waals surface area contributed by atoms with Crippen molar-refractivity contribution < 1.29 is 13.6 Å². The fraction of sp³-hybridized carbons (Fsp3) is 0.286. The van der Waals surface area contributed by atoms with Gasteiger partial charge in [-0.15, -0.1) is 0 Å². The normalized spacial score (nSPS) is 20.4. The van der Waals surface area contributed by atoms with Crippen molar-refractivity contribution in [1.29, 1.82) is 0 Å². The molecule has 0 saturated carbocycles. The van der Waals surface area contributed by atoms with Gasteiger partial charge in [-0.25, -0.2) is 19.3 Å². The lowest BCUT2D eigenvalue weighted by Gasteiger charge is -2.32. The van der Waals surface area contributed by atoms with Gasteiger partial charge in [0.05, 0.1) is 12.2 Å². The molecule has 2 atom stereocenters. The molecule has 0 fully saturated rings. The standard InChI is InChI=1S/C14H15F2N5O/c15-12(16)11-6-10(8-4-2-1-3-5-8)19-13-9(14(22)20-17)7-18-21(11)13/h1-5,7,10-12,19H,6,17H2,(H,20,22)/t10-,11-/m0/s1. The molecule has 3 rings (SSSR count). The average Bonchev–Trinajstić information content (AvgIpc) is 2.97. The Labute approximate surface area is 125 Å². The van der Waals surface area contributed by atoms with Crippen molar-refractivity contribution in [3.05, 3.63) is 47.7 Å². The number of alkyl halides is 2. The van der Waals surface area contributed by atoms with Crippen LogP contribution in [-0.2, 0) is 0 Å². The monoisotopic (exact) mass is 307 g/mol. The number of rotatable bonds is 3. The van der Waals surface area contributed by atoms with Crippen LogP contribution >= 0.6 is 0 Å². The molecule has 0 aliphatic carbocycles. The number of nitrogens with zero attached hydrogens (tertiary/aromatic N) is 2. The highest BCUT2D eigenvalue weighted by molar-refractivity contribution is 5.98. The van der Waals surface area contributed by atoms with E-state index < -0.39 is 18.4 Å². The molecule has 8 heteroatoms. The van der Waals surface area contributed by atoms with Crippen LogP contribution < -0.4 is 16.6 Å². The zero-order chi connectivity index (χ0) is 15.7. The van der Waals surface area contributed by atoms with Crippen molar-refractivity contribution in [2.24, 2.45) is 5.84 Å². The first-order valence-corrected chi connectivity index (χ1v) is 6.80. The van der Waals surface area contributed by atoms with Crippen LogP contribution in [0.4, 0.5) is 14.6 Å². The number of halogens is 2. The van der Waals surface area contributed by atoms with Gasteiger partial charge in [-0.1, -0.05) is 30.3 Å². The van der Waals surface area contributed by atoms with Crippen molar-refractivity contribution in [3.63, 3.8) is 0 Å². The van der Waals surface area contributed by atoms with E-state index in [1.54, 1.807) is 0 Å². The van der Waals surface area contributed by atoms with Gasteiger partial charge in [-0.2, -0.15) is 5.10 Å². The number of nitrogens with one attached hydrogen (secondary N) is 2. The number of nitrogens with two attached hydrogens (primary N) is 1. The highest BCUT2D eigenvalue weighted by Gasteiger charge is 2.36. The van der Waals surface area contributed by atoms with Crippen molar-refractivity contribution in [2.45, 2.75) is 24.9 Å². The number of fused-ring (bicyclic) bond motifs is 1.